The van der Waals surface area contributed by atoms with Crippen LogP contribution in [-0.2, 0) is 9.84 Å². The summed E-state index contributed by atoms with van der Waals surface area (Å²) in [5, 5.41) is 19.6. The molecule has 1 rings (SSSR count). The van der Waals surface area contributed by atoms with Crippen molar-refractivity contribution >= 4 is 15.5 Å². The number of aliphatic hydroxyl groups is 1. The summed E-state index contributed by atoms with van der Waals surface area (Å²) in [5.41, 5.74) is 0.260. The third-order valence-electron chi connectivity index (χ3n) is 2.75. The number of sulfone groups is 1. The lowest BCUT2D eigenvalue weighted by Crippen LogP contribution is -2.26. The average Bonchev–Trinajstić information content (AvgIpc) is 2.28. The minimum Gasteiger partial charge on any atom is -0.387 e. The molecule has 1 N–H and O–H groups in total. The van der Waals surface area contributed by atoms with E-state index in [0.29, 0.717) is 5.56 Å². The highest BCUT2D eigenvalue weighted by molar-refractivity contribution is 7.91. The fourth-order valence-corrected chi connectivity index (χ4v) is 3.00. The Morgan fingerprint density at radius 3 is 2.17 bits per heavy atom. The van der Waals surface area contributed by atoms with E-state index in [-0.39, 0.29) is 12.1 Å². The second kappa shape index (κ2) is 5.45. The topological polar surface area (TPSA) is 97.5 Å². The van der Waals surface area contributed by atoms with Gasteiger partial charge in [-0.05, 0) is 24.1 Å². The number of hydrogen-bond acceptors (Lipinski definition) is 5. The van der Waals surface area contributed by atoms with Gasteiger partial charge in [-0.3, -0.25) is 10.1 Å². The highest BCUT2D eigenvalue weighted by Crippen LogP contribution is 2.25. The molecular weight excluding hydrogens is 258 g/mol. The molecule has 2 atom stereocenters. The van der Waals surface area contributed by atoms with Gasteiger partial charge in [0.05, 0.1) is 16.3 Å². The molecule has 18 heavy (non-hydrogen) atoms. The van der Waals surface area contributed by atoms with Gasteiger partial charge in [-0.15, -0.1) is 0 Å². The third kappa shape index (κ3) is 3.27. The monoisotopic (exact) mass is 273 g/mol. The van der Waals surface area contributed by atoms with E-state index >= 15 is 0 Å². The molecule has 6 nitrogen and oxygen atoms in total. The van der Waals surface area contributed by atoms with Crippen LogP contribution in [0.3, 0.4) is 0 Å². The Morgan fingerprint density at radius 2 is 1.83 bits per heavy atom. The second-order valence-electron chi connectivity index (χ2n) is 4.07. The van der Waals surface area contributed by atoms with Crippen LogP contribution in [-0.4, -0.2) is 30.0 Å². The van der Waals surface area contributed by atoms with Crippen molar-refractivity contribution < 1.29 is 18.4 Å². The molecule has 0 amide bonds. The van der Waals surface area contributed by atoms with Crippen LogP contribution < -0.4 is 0 Å². The zero-order chi connectivity index (χ0) is 13.9. The van der Waals surface area contributed by atoms with Gasteiger partial charge in [0.2, 0.25) is 0 Å². The van der Waals surface area contributed by atoms with Crippen molar-refractivity contribution in [2.24, 2.45) is 0 Å². The van der Waals surface area contributed by atoms with Gasteiger partial charge in [0, 0.05) is 18.4 Å². The van der Waals surface area contributed by atoms with Crippen LogP contribution in [0, 0.1) is 10.1 Å². The highest BCUT2D eigenvalue weighted by atomic mass is 32.2. The molecule has 0 heterocycles. The number of nitrogens with zero attached hydrogens (tertiary/aromatic N) is 1. The van der Waals surface area contributed by atoms with Crippen molar-refractivity contribution in [2.45, 2.75) is 24.7 Å². The maximum absolute atomic E-state index is 11.5. The van der Waals surface area contributed by atoms with Crippen LogP contribution in [0.4, 0.5) is 5.69 Å². The molecule has 0 aliphatic heterocycles. The van der Waals surface area contributed by atoms with Crippen molar-refractivity contribution in [1.82, 2.24) is 0 Å². The molecule has 0 unspecified atom stereocenters. The number of rotatable bonds is 5. The molecule has 0 bridgehead atoms. The molecular formula is C11H15NO5S. The van der Waals surface area contributed by atoms with E-state index in [0.717, 1.165) is 6.26 Å². The van der Waals surface area contributed by atoms with Crippen LogP contribution >= 0.6 is 0 Å². The number of non-ortho nitro benzene ring substituents is 1. The lowest BCUT2D eigenvalue weighted by Gasteiger charge is -2.20. The molecule has 0 radical (unpaired) electrons. The zero-order valence-corrected chi connectivity index (χ0v) is 10.9. The van der Waals surface area contributed by atoms with E-state index in [9.17, 15) is 23.6 Å². The standard InChI is InChI=1S/C11H15NO5S/c1-3-10(18(2,16)17)11(13)8-4-6-9(7-5-8)12(14)15/h4-7,10-11,13H,3H2,1-2H3/t10-,11+/m0/s1. The average molecular weight is 273 g/mol. The van der Waals surface area contributed by atoms with Crippen molar-refractivity contribution in [3.05, 3.63) is 39.9 Å². The molecule has 1 aromatic carbocycles. The smallest absolute Gasteiger partial charge is 0.269 e. The summed E-state index contributed by atoms with van der Waals surface area (Å²) in [6.45, 7) is 1.67. The minimum absolute atomic E-state index is 0.0987. The van der Waals surface area contributed by atoms with E-state index < -0.39 is 26.1 Å². The van der Waals surface area contributed by atoms with Gasteiger partial charge in [0.15, 0.2) is 9.84 Å². The fraction of sp³-hybridized carbons (Fsp3) is 0.455. The van der Waals surface area contributed by atoms with Crippen LogP contribution in [0.5, 0.6) is 0 Å². The van der Waals surface area contributed by atoms with E-state index in [2.05, 4.69) is 0 Å². The Labute approximate surface area is 105 Å². The maximum Gasteiger partial charge on any atom is 0.269 e. The van der Waals surface area contributed by atoms with Crippen molar-refractivity contribution in [1.29, 1.82) is 0 Å². The number of nitro groups is 1. The van der Waals surface area contributed by atoms with Gasteiger partial charge >= 0.3 is 0 Å². The molecule has 0 fully saturated rings. The first kappa shape index (κ1) is 14.6. The highest BCUT2D eigenvalue weighted by Gasteiger charge is 2.28. The van der Waals surface area contributed by atoms with Crippen molar-refractivity contribution in [2.75, 3.05) is 6.26 Å². The first-order chi connectivity index (χ1) is 8.27. The summed E-state index contributed by atoms with van der Waals surface area (Å²) >= 11 is 0. The van der Waals surface area contributed by atoms with E-state index in [1.165, 1.54) is 24.3 Å². The van der Waals surface area contributed by atoms with E-state index in [4.69, 9.17) is 0 Å². The summed E-state index contributed by atoms with van der Waals surface area (Å²) in [6, 6.07) is 5.23. The molecule has 0 saturated carbocycles. The molecule has 0 saturated heterocycles. The Balaban J connectivity index is 3.03. The summed E-state index contributed by atoms with van der Waals surface area (Å²) in [4.78, 5) is 9.93. The van der Waals surface area contributed by atoms with Gasteiger partial charge < -0.3 is 5.11 Å². The first-order valence-electron chi connectivity index (χ1n) is 5.38. The van der Waals surface area contributed by atoms with E-state index in [1.807, 2.05) is 0 Å². The molecule has 1 aromatic rings. The van der Waals surface area contributed by atoms with Crippen LogP contribution in [0.2, 0.25) is 0 Å². The molecule has 0 aliphatic rings. The minimum atomic E-state index is -3.37. The predicted molar refractivity (Wildman–Crippen MR) is 67.0 cm³/mol. The Bertz CT molecular complexity index is 523. The Morgan fingerprint density at radius 1 is 1.33 bits per heavy atom. The summed E-state index contributed by atoms with van der Waals surface area (Å²) in [7, 11) is -3.37. The lowest BCUT2D eigenvalue weighted by molar-refractivity contribution is -0.384. The second-order valence-corrected chi connectivity index (χ2v) is 6.33. The molecule has 7 heteroatoms. The van der Waals surface area contributed by atoms with Crippen molar-refractivity contribution in [3.8, 4) is 0 Å². The molecule has 0 aromatic heterocycles. The van der Waals surface area contributed by atoms with Crippen LogP contribution in [0.1, 0.15) is 25.0 Å². The maximum atomic E-state index is 11.5. The Kier molecular flexibility index (Phi) is 4.42. The van der Waals surface area contributed by atoms with Gasteiger partial charge in [-0.1, -0.05) is 6.92 Å². The molecule has 0 aliphatic carbocycles. The quantitative estimate of drug-likeness (QED) is 0.646. The summed E-state index contributed by atoms with van der Waals surface area (Å²) in [5.74, 6) is 0. The van der Waals surface area contributed by atoms with Crippen LogP contribution in [0.25, 0.3) is 0 Å². The lowest BCUT2D eigenvalue weighted by atomic mass is 10.0. The van der Waals surface area contributed by atoms with Crippen LogP contribution in [0.15, 0.2) is 24.3 Å². The SMILES string of the molecule is CC[C@@H]([C@H](O)c1ccc([N+](=O)[O-])cc1)S(C)(=O)=O. The fourth-order valence-electron chi connectivity index (χ4n) is 1.77. The molecule has 100 valence electrons. The normalized spacial score (nSPS) is 15.1. The Hall–Kier alpha value is -1.47. The number of hydrogen-bond donors (Lipinski definition) is 1. The third-order valence-corrected chi connectivity index (χ3v) is 4.44. The number of benzene rings is 1. The zero-order valence-electron chi connectivity index (χ0n) is 10.1. The number of nitro benzene ring substituents is 1. The predicted octanol–water partition coefficient (Wildman–Crippen LogP) is 1.45. The van der Waals surface area contributed by atoms with Gasteiger partial charge in [0.25, 0.3) is 5.69 Å². The van der Waals surface area contributed by atoms with Gasteiger partial charge in [-0.25, -0.2) is 8.42 Å². The summed E-state index contributed by atoms with van der Waals surface area (Å²) in [6.07, 6.45) is 0.165. The number of aliphatic hydroxyl groups excluding tert-OH is 1. The summed E-state index contributed by atoms with van der Waals surface area (Å²) < 4.78 is 23.0. The first-order valence-corrected chi connectivity index (χ1v) is 7.34. The van der Waals surface area contributed by atoms with Gasteiger partial charge in [0.1, 0.15) is 0 Å². The van der Waals surface area contributed by atoms with E-state index in [1.54, 1.807) is 6.92 Å². The van der Waals surface area contributed by atoms with Crippen molar-refractivity contribution in [3.63, 3.8) is 0 Å². The van der Waals surface area contributed by atoms with Gasteiger partial charge in [-0.2, -0.15) is 0 Å². The molecule has 0 spiro atoms. The largest absolute Gasteiger partial charge is 0.387 e.